The molecule has 1 aromatic rings. The van der Waals surface area contributed by atoms with E-state index < -0.39 is 11.9 Å². The molecule has 1 amide bonds. The second kappa shape index (κ2) is 6.84. The molecule has 0 radical (unpaired) electrons. The largest absolute Gasteiger partial charge is 0.382 e. The Hall–Kier alpha value is -1.66. The summed E-state index contributed by atoms with van der Waals surface area (Å²) in [6.07, 6.45) is -0.443. The van der Waals surface area contributed by atoms with Crippen molar-refractivity contribution in [1.82, 2.24) is 9.80 Å². The number of likely N-dealkylation sites (N-methyl/N-ethyl adjacent to an activating group) is 1. The van der Waals surface area contributed by atoms with Crippen LogP contribution in [-0.2, 0) is 9.63 Å². The van der Waals surface area contributed by atoms with Gasteiger partial charge in [-0.25, -0.2) is 4.39 Å². The molecule has 0 N–H and O–H groups in total. The van der Waals surface area contributed by atoms with Gasteiger partial charge in [0.15, 0.2) is 0 Å². The van der Waals surface area contributed by atoms with Gasteiger partial charge in [-0.3, -0.25) is 4.79 Å². The molecule has 1 aromatic carbocycles. The molecule has 124 valence electrons. The average Bonchev–Trinajstić information content (AvgIpc) is 3.04. The van der Waals surface area contributed by atoms with E-state index in [1.165, 1.54) is 12.1 Å². The molecule has 1 unspecified atom stereocenters. The van der Waals surface area contributed by atoms with Gasteiger partial charge in [-0.05, 0) is 18.7 Å². The summed E-state index contributed by atoms with van der Waals surface area (Å²) in [6, 6.07) is 4.46. The lowest BCUT2D eigenvalue weighted by atomic mass is 10.0. The minimum atomic E-state index is -0.686. The predicted octanol–water partition coefficient (Wildman–Crippen LogP) is 2.14. The second-order valence-corrected chi connectivity index (χ2v) is 6.10. The summed E-state index contributed by atoms with van der Waals surface area (Å²) in [5, 5.41) is 4.17. The highest BCUT2D eigenvalue weighted by molar-refractivity contribution is 6.34. The van der Waals surface area contributed by atoms with Crippen molar-refractivity contribution in [2.45, 2.75) is 19.4 Å². The summed E-state index contributed by atoms with van der Waals surface area (Å²) in [4.78, 5) is 21.9. The van der Waals surface area contributed by atoms with Crippen LogP contribution >= 0.6 is 11.6 Å². The van der Waals surface area contributed by atoms with Crippen molar-refractivity contribution in [3.63, 3.8) is 0 Å². The molecule has 1 atom stereocenters. The topological polar surface area (TPSA) is 45.1 Å². The number of hydrogen-bond donors (Lipinski definition) is 0. The first-order chi connectivity index (χ1) is 11.1. The van der Waals surface area contributed by atoms with Crippen molar-refractivity contribution in [3.05, 3.63) is 34.6 Å². The maximum Gasteiger partial charge on any atom is 0.266 e. The number of carbonyl (C=O) groups is 1. The third kappa shape index (κ3) is 3.33. The molecular formula is C16H19ClFN3O2. The van der Waals surface area contributed by atoms with E-state index in [9.17, 15) is 9.18 Å². The van der Waals surface area contributed by atoms with Crippen LogP contribution in [0.5, 0.6) is 0 Å². The molecule has 5 nitrogen and oxygen atoms in total. The molecule has 2 heterocycles. The van der Waals surface area contributed by atoms with Crippen molar-refractivity contribution in [2.24, 2.45) is 5.16 Å². The van der Waals surface area contributed by atoms with Gasteiger partial charge in [0.05, 0.1) is 16.3 Å². The Bertz CT molecular complexity index is 610. The van der Waals surface area contributed by atoms with E-state index in [4.69, 9.17) is 16.4 Å². The first-order valence-electron chi connectivity index (χ1n) is 7.78. The molecule has 0 saturated carbocycles. The van der Waals surface area contributed by atoms with Crippen LogP contribution in [0.1, 0.15) is 18.9 Å². The number of piperazine rings is 1. The lowest BCUT2D eigenvalue weighted by molar-refractivity contribution is -0.143. The van der Waals surface area contributed by atoms with Crippen LogP contribution in [0.4, 0.5) is 4.39 Å². The fourth-order valence-electron chi connectivity index (χ4n) is 2.92. The number of carbonyl (C=O) groups excluding carboxylic acids is 1. The van der Waals surface area contributed by atoms with Crippen molar-refractivity contribution in [1.29, 1.82) is 0 Å². The smallest absolute Gasteiger partial charge is 0.266 e. The number of oxime groups is 1. The van der Waals surface area contributed by atoms with Crippen LogP contribution < -0.4 is 0 Å². The lowest BCUT2D eigenvalue weighted by Crippen LogP contribution is -2.51. The van der Waals surface area contributed by atoms with E-state index in [2.05, 4.69) is 17.0 Å². The fourth-order valence-corrected chi connectivity index (χ4v) is 3.19. The highest BCUT2D eigenvalue weighted by Crippen LogP contribution is 2.26. The van der Waals surface area contributed by atoms with Crippen LogP contribution in [0.3, 0.4) is 0 Å². The minimum absolute atomic E-state index is 0.0908. The van der Waals surface area contributed by atoms with E-state index in [1.54, 1.807) is 11.0 Å². The number of nitrogens with zero attached hydrogens (tertiary/aromatic N) is 3. The van der Waals surface area contributed by atoms with Gasteiger partial charge < -0.3 is 14.6 Å². The summed E-state index contributed by atoms with van der Waals surface area (Å²) in [5.41, 5.74) is 0.610. The number of hydrogen-bond acceptors (Lipinski definition) is 4. The van der Waals surface area contributed by atoms with E-state index in [0.29, 0.717) is 18.8 Å². The number of halogens is 2. The average molecular weight is 340 g/mol. The highest BCUT2D eigenvalue weighted by atomic mass is 35.5. The van der Waals surface area contributed by atoms with Crippen molar-refractivity contribution in [3.8, 4) is 0 Å². The van der Waals surface area contributed by atoms with E-state index in [-0.39, 0.29) is 22.9 Å². The second-order valence-electron chi connectivity index (χ2n) is 5.69. The molecule has 3 rings (SSSR count). The van der Waals surface area contributed by atoms with Gasteiger partial charge >= 0.3 is 0 Å². The van der Waals surface area contributed by atoms with Gasteiger partial charge in [0.25, 0.3) is 5.91 Å². The predicted molar refractivity (Wildman–Crippen MR) is 86.1 cm³/mol. The monoisotopic (exact) mass is 339 g/mol. The molecule has 0 aromatic heterocycles. The Morgan fingerprint density at radius 1 is 1.39 bits per heavy atom. The molecule has 2 aliphatic heterocycles. The highest BCUT2D eigenvalue weighted by Gasteiger charge is 2.34. The lowest BCUT2D eigenvalue weighted by Gasteiger charge is -2.34. The van der Waals surface area contributed by atoms with Gasteiger partial charge in [-0.2, -0.15) is 0 Å². The van der Waals surface area contributed by atoms with Crippen LogP contribution in [0.25, 0.3) is 0 Å². The molecule has 0 bridgehead atoms. The zero-order valence-corrected chi connectivity index (χ0v) is 13.7. The number of amides is 1. The van der Waals surface area contributed by atoms with Gasteiger partial charge in [-0.1, -0.05) is 29.7 Å². The van der Waals surface area contributed by atoms with E-state index in [1.807, 2.05) is 0 Å². The van der Waals surface area contributed by atoms with Gasteiger partial charge in [0, 0.05) is 32.6 Å². The molecule has 23 heavy (non-hydrogen) atoms. The first-order valence-corrected chi connectivity index (χ1v) is 8.16. The zero-order valence-electron chi connectivity index (χ0n) is 13.0. The summed E-state index contributed by atoms with van der Waals surface area (Å²) in [5.74, 6) is -0.545. The van der Waals surface area contributed by atoms with Crippen LogP contribution in [0, 0.1) is 5.82 Å². The molecule has 0 spiro atoms. The molecule has 0 aliphatic carbocycles. The summed E-state index contributed by atoms with van der Waals surface area (Å²) >= 11 is 6.04. The Balaban J connectivity index is 1.64. The number of benzene rings is 1. The Morgan fingerprint density at radius 3 is 2.78 bits per heavy atom. The van der Waals surface area contributed by atoms with Crippen LogP contribution in [-0.4, -0.2) is 60.2 Å². The quantitative estimate of drug-likeness (QED) is 0.847. The van der Waals surface area contributed by atoms with Crippen molar-refractivity contribution >= 4 is 23.2 Å². The van der Waals surface area contributed by atoms with Gasteiger partial charge in [0.1, 0.15) is 5.82 Å². The molecule has 1 saturated heterocycles. The first kappa shape index (κ1) is 16.2. The summed E-state index contributed by atoms with van der Waals surface area (Å²) in [7, 11) is 0. The standard InChI is InChI=1S/C16H19ClFN3O2/c1-2-20-6-8-21(9-7-20)16(22)14-10-13(19-23-14)15-11(17)4-3-5-12(15)18/h3-5,14H,2,6-10H2,1H3. The third-order valence-corrected chi connectivity index (χ3v) is 4.64. The normalized spacial score (nSPS) is 22.0. The van der Waals surface area contributed by atoms with Crippen molar-refractivity contribution < 1.29 is 14.0 Å². The summed E-state index contributed by atoms with van der Waals surface area (Å²) < 4.78 is 13.9. The van der Waals surface area contributed by atoms with E-state index in [0.717, 1.165) is 19.6 Å². The minimum Gasteiger partial charge on any atom is -0.382 e. The maximum absolute atomic E-state index is 13.9. The Labute approximate surface area is 139 Å². The maximum atomic E-state index is 13.9. The van der Waals surface area contributed by atoms with Gasteiger partial charge in [0.2, 0.25) is 6.10 Å². The molecule has 1 fully saturated rings. The number of rotatable bonds is 3. The van der Waals surface area contributed by atoms with E-state index >= 15 is 0 Å². The van der Waals surface area contributed by atoms with Crippen molar-refractivity contribution in [2.75, 3.05) is 32.7 Å². The molecule has 2 aliphatic rings. The van der Waals surface area contributed by atoms with Gasteiger partial charge in [-0.15, -0.1) is 0 Å². The molecular weight excluding hydrogens is 321 g/mol. The SMILES string of the molecule is CCN1CCN(C(=O)C2CC(c3c(F)cccc3Cl)=NO2)CC1. The Kier molecular flexibility index (Phi) is 4.82. The van der Waals surface area contributed by atoms with Crippen LogP contribution in [0.2, 0.25) is 5.02 Å². The zero-order chi connectivity index (χ0) is 16.4. The summed E-state index contributed by atoms with van der Waals surface area (Å²) in [6.45, 7) is 6.19. The third-order valence-electron chi connectivity index (χ3n) is 4.33. The van der Waals surface area contributed by atoms with Crippen LogP contribution in [0.15, 0.2) is 23.4 Å². The molecule has 7 heteroatoms. The fraction of sp³-hybridized carbons (Fsp3) is 0.500. The Morgan fingerprint density at radius 2 is 2.13 bits per heavy atom.